The number of halogens is 1. The number of unbranched alkanes of at least 4 members (excludes halogenated alkanes) is 20. The summed E-state index contributed by atoms with van der Waals surface area (Å²) in [5.74, 6) is -2.58. The Bertz CT molecular complexity index is 2350. The maximum atomic E-state index is 13.8. The second kappa shape index (κ2) is 47.9. The highest BCUT2D eigenvalue weighted by molar-refractivity contribution is 5.98. The van der Waals surface area contributed by atoms with Gasteiger partial charge in [-0.2, -0.15) is 0 Å². The van der Waals surface area contributed by atoms with Crippen LogP contribution in [0.1, 0.15) is 212 Å². The van der Waals surface area contributed by atoms with Crippen LogP contribution >= 0.6 is 0 Å². The number of esters is 1. The van der Waals surface area contributed by atoms with Gasteiger partial charge in [0.25, 0.3) is 0 Å². The molecule has 24 heteroatoms. The number of rotatable bonds is 51. The van der Waals surface area contributed by atoms with Crippen molar-refractivity contribution in [2.75, 3.05) is 31.6 Å². The molecule has 23 nitrogen and oxygen atoms in total. The van der Waals surface area contributed by atoms with Gasteiger partial charge in [-0.15, -0.1) is 0 Å². The quantitative estimate of drug-likeness (QED) is 0.00736. The monoisotopic (exact) mass is 1270 g/mol. The number of hydrogen-bond acceptors (Lipinski definition) is 16. The molecule has 10 atom stereocenters. The standard InChI is InChI=1S/C66H107FN8O15/c1-4-5-6-7-8-9-10-11-12-16-19-23-30-54(89-57(79)32-25-20-17-14-13-15-18-22-28-48-33-37-50(67)38-34-48)59(80)53(45-87-65-62(83)61(82)60(81)55(43-76)90-65)73-66(86)88-44-49-35-39-51(40-36-49)71-63(84)52(29-27-41-69-46-77)72-64(85)58(47(2)3)74-56(78)31-24-21-26-42-70-75-68/h33-40,46-47,52-55,58-62,65,76,80-83H,4-32,41-45H2,1-3H3,(H,69,77)(H,71,84)(H,72,85)(H,73,86)(H,74,78)/t52-,53-,54+,55?,58?,59-,60-,61-,62?,65-/m0/s1. The van der Waals surface area contributed by atoms with E-state index in [1.807, 2.05) is 12.1 Å². The summed E-state index contributed by atoms with van der Waals surface area (Å²) in [6.45, 7) is 4.69. The number of nitrogens with zero attached hydrogens (tertiary/aromatic N) is 3. The van der Waals surface area contributed by atoms with Gasteiger partial charge < -0.3 is 71.1 Å². The van der Waals surface area contributed by atoms with Crippen molar-refractivity contribution in [3.05, 3.63) is 75.9 Å². The lowest BCUT2D eigenvalue weighted by Crippen LogP contribution is -2.60. The zero-order valence-corrected chi connectivity index (χ0v) is 53.6. The Balaban J connectivity index is 1.70. The summed E-state index contributed by atoms with van der Waals surface area (Å²) in [6.07, 6.45) is 12.9. The first-order valence-corrected chi connectivity index (χ1v) is 33.2. The largest absolute Gasteiger partial charge is 0.460 e. The number of aryl methyl sites for hydroxylation is 1. The van der Waals surface area contributed by atoms with Crippen molar-refractivity contribution in [1.29, 1.82) is 0 Å². The van der Waals surface area contributed by atoms with Gasteiger partial charge in [-0.25, -0.2) is 9.18 Å². The van der Waals surface area contributed by atoms with E-state index in [2.05, 4.69) is 43.5 Å². The molecule has 0 bridgehead atoms. The third-order valence-electron chi connectivity index (χ3n) is 16.1. The van der Waals surface area contributed by atoms with Crippen molar-refractivity contribution >= 4 is 41.9 Å². The van der Waals surface area contributed by atoms with Crippen molar-refractivity contribution in [3.63, 3.8) is 0 Å². The maximum absolute atomic E-state index is 13.8. The maximum Gasteiger partial charge on any atom is 0.407 e. The molecule has 1 heterocycles. The number of azide groups is 1. The number of carbonyl (C=O) groups excluding carboxylic acids is 6. The van der Waals surface area contributed by atoms with Crippen LogP contribution in [0.5, 0.6) is 0 Å². The highest BCUT2D eigenvalue weighted by Crippen LogP contribution is 2.25. The molecule has 0 radical (unpaired) electrons. The topological polar surface area (TPSA) is 349 Å². The smallest absolute Gasteiger partial charge is 0.407 e. The summed E-state index contributed by atoms with van der Waals surface area (Å²) in [5.41, 5.74) is 10.4. The van der Waals surface area contributed by atoms with E-state index in [0.717, 1.165) is 89.0 Å². The fraction of sp³-hybridized carbons (Fsp3) is 0.727. The molecule has 90 heavy (non-hydrogen) atoms. The zero-order chi connectivity index (χ0) is 65.7. The molecule has 3 rings (SSSR count). The Morgan fingerprint density at radius 1 is 0.700 bits per heavy atom. The number of nitrogens with one attached hydrogen (secondary N) is 5. The number of amides is 5. The van der Waals surface area contributed by atoms with Crippen LogP contribution in [-0.2, 0) is 55.9 Å². The Morgan fingerprint density at radius 2 is 1.29 bits per heavy atom. The number of carbonyl (C=O) groups is 6. The van der Waals surface area contributed by atoms with Crippen molar-refractivity contribution in [3.8, 4) is 0 Å². The Labute approximate surface area is 532 Å². The average molecular weight is 1270 g/mol. The molecular weight excluding hydrogens is 1160 g/mol. The van der Waals surface area contributed by atoms with E-state index < -0.39 is 98.1 Å². The zero-order valence-electron chi connectivity index (χ0n) is 53.6. The number of anilines is 1. The van der Waals surface area contributed by atoms with Gasteiger partial charge in [0.1, 0.15) is 61.1 Å². The molecule has 5 amide bonds. The molecule has 1 saturated heterocycles. The van der Waals surface area contributed by atoms with Gasteiger partial charge >= 0.3 is 12.1 Å². The molecule has 3 unspecified atom stereocenters. The van der Waals surface area contributed by atoms with Crippen LogP contribution in [-0.4, -0.2) is 149 Å². The Morgan fingerprint density at radius 3 is 1.90 bits per heavy atom. The number of ether oxygens (including phenoxy) is 4. The molecule has 0 aliphatic carbocycles. The van der Waals surface area contributed by atoms with Crippen molar-refractivity contribution < 1.29 is 77.6 Å². The summed E-state index contributed by atoms with van der Waals surface area (Å²) in [7, 11) is 0. The fourth-order valence-electron chi connectivity index (χ4n) is 10.6. The minimum atomic E-state index is -1.79. The fourth-order valence-corrected chi connectivity index (χ4v) is 10.6. The molecule has 508 valence electrons. The minimum Gasteiger partial charge on any atom is -0.460 e. The van der Waals surface area contributed by atoms with Crippen LogP contribution in [0.4, 0.5) is 14.9 Å². The minimum absolute atomic E-state index is 0.103. The van der Waals surface area contributed by atoms with Crippen LogP contribution in [0, 0.1) is 11.7 Å². The molecule has 0 spiro atoms. The number of alkyl carbamates (subject to hydrolysis) is 1. The SMILES string of the molecule is CCCCCCCCCCCCCC[C@@H](OC(=O)CCCCCCCCCCc1ccc(F)cc1)[C@@H](O)[C@H](CO[C@H]1OC(CO)[C@H](O)[C@H](O)C1O)NC(=O)OCc1ccc(NC(=O)[C@H](CCCNC=O)NC(=O)C(NC(=O)CCCCCN=[N+]=[N-])C(C)C)cc1. The van der Waals surface area contributed by atoms with E-state index in [9.17, 15) is 58.7 Å². The van der Waals surface area contributed by atoms with Gasteiger partial charge in [-0.3, -0.25) is 24.0 Å². The van der Waals surface area contributed by atoms with Gasteiger partial charge in [0.05, 0.1) is 19.3 Å². The summed E-state index contributed by atoms with van der Waals surface area (Å²) >= 11 is 0. The molecular formula is C66H107FN8O15. The molecule has 1 fully saturated rings. The van der Waals surface area contributed by atoms with E-state index in [-0.39, 0.29) is 56.5 Å². The third kappa shape index (κ3) is 33.4. The van der Waals surface area contributed by atoms with Crippen molar-refractivity contribution in [2.45, 2.75) is 275 Å². The first-order chi connectivity index (χ1) is 43.5. The van der Waals surface area contributed by atoms with E-state index in [1.165, 1.54) is 50.7 Å². The summed E-state index contributed by atoms with van der Waals surface area (Å²) in [6, 6.07) is 9.50. The molecule has 2 aromatic carbocycles. The number of hydrogen-bond donors (Lipinski definition) is 10. The molecule has 0 aromatic heterocycles. The predicted octanol–water partition coefficient (Wildman–Crippen LogP) is 9.32. The second-order valence-electron chi connectivity index (χ2n) is 24.0. The first-order valence-electron chi connectivity index (χ1n) is 33.2. The molecule has 1 aliphatic heterocycles. The molecule has 10 N–H and O–H groups in total. The number of aliphatic hydroxyl groups excluding tert-OH is 5. The Hall–Kier alpha value is -5.98. The average Bonchev–Trinajstić information content (AvgIpc) is 2.88. The van der Waals surface area contributed by atoms with Gasteiger partial charge in [-0.1, -0.05) is 166 Å². The number of aliphatic hydroxyl groups is 5. The summed E-state index contributed by atoms with van der Waals surface area (Å²) in [4.78, 5) is 81.2. The van der Waals surface area contributed by atoms with Crippen LogP contribution in [0.25, 0.3) is 10.4 Å². The Kier molecular flexibility index (Phi) is 41.6. The third-order valence-corrected chi connectivity index (χ3v) is 16.1. The van der Waals surface area contributed by atoms with E-state index in [1.54, 1.807) is 38.1 Å². The van der Waals surface area contributed by atoms with Crippen LogP contribution in [0.15, 0.2) is 53.6 Å². The van der Waals surface area contributed by atoms with Gasteiger partial charge in [0.2, 0.25) is 24.1 Å². The lowest BCUT2D eigenvalue weighted by Gasteiger charge is -2.40. The van der Waals surface area contributed by atoms with E-state index in [4.69, 9.17) is 24.5 Å². The predicted molar refractivity (Wildman–Crippen MR) is 340 cm³/mol. The van der Waals surface area contributed by atoms with Gasteiger partial charge in [0, 0.05) is 36.5 Å². The highest BCUT2D eigenvalue weighted by Gasteiger charge is 2.45. The van der Waals surface area contributed by atoms with E-state index >= 15 is 0 Å². The highest BCUT2D eigenvalue weighted by atomic mass is 19.1. The lowest BCUT2D eigenvalue weighted by molar-refractivity contribution is -0.303. The van der Waals surface area contributed by atoms with E-state index in [0.29, 0.717) is 62.7 Å². The molecule has 1 aliphatic rings. The molecule has 2 aromatic rings. The number of benzene rings is 2. The van der Waals surface area contributed by atoms with Crippen molar-refractivity contribution in [1.82, 2.24) is 21.3 Å². The van der Waals surface area contributed by atoms with Crippen LogP contribution < -0.4 is 26.6 Å². The lowest BCUT2D eigenvalue weighted by atomic mass is 9.98. The summed E-state index contributed by atoms with van der Waals surface area (Å²) in [5, 5.41) is 70.7. The first kappa shape index (κ1) is 78.3. The van der Waals surface area contributed by atoms with Crippen molar-refractivity contribution in [2.24, 2.45) is 11.0 Å². The van der Waals surface area contributed by atoms with Crippen LogP contribution in [0.2, 0.25) is 0 Å². The summed E-state index contributed by atoms with van der Waals surface area (Å²) < 4.78 is 36.3. The van der Waals surface area contributed by atoms with Crippen LogP contribution in [0.3, 0.4) is 0 Å². The molecule has 0 saturated carbocycles. The normalized spacial score (nSPS) is 18.0. The van der Waals surface area contributed by atoms with Gasteiger partial charge in [-0.05, 0) is 105 Å². The van der Waals surface area contributed by atoms with Gasteiger partial charge in [0.15, 0.2) is 6.29 Å². The second-order valence-corrected chi connectivity index (χ2v) is 24.0.